The Hall–Kier alpha value is -5.37. The molecule has 8 rings (SSSR count). The third-order valence-electron chi connectivity index (χ3n) is 8.37. The van der Waals surface area contributed by atoms with Crippen LogP contribution in [0, 0.1) is 6.92 Å². The lowest BCUT2D eigenvalue weighted by Gasteiger charge is -2.40. The highest BCUT2D eigenvalue weighted by Crippen LogP contribution is 2.48. The van der Waals surface area contributed by atoms with E-state index in [2.05, 4.69) is 86.4 Å². The van der Waals surface area contributed by atoms with Gasteiger partial charge >= 0.3 is 0 Å². The van der Waals surface area contributed by atoms with Gasteiger partial charge in [-0.15, -0.1) is 0 Å². The number of ether oxygens (including phenoxy) is 2. The molecule has 1 N–H and O–H groups in total. The van der Waals surface area contributed by atoms with Gasteiger partial charge in [0, 0.05) is 17.3 Å². The average Bonchev–Trinajstić information content (AvgIpc) is 3.64. The van der Waals surface area contributed by atoms with Crippen molar-refractivity contribution in [3.05, 3.63) is 119 Å². The summed E-state index contributed by atoms with van der Waals surface area (Å²) in [6.07, 6.45) is 0. The molecule has 1 atom stereocenters. The molecular weight excluding hydrogens is 548 g/mol. The number of fused-ring (bicyclic) bond motifs is 5. The molecule has 8 heteroatoms. The van der Waals surface area contributed by atoms with Crippen molar-refractivity contribution in [2.45, 2.75) is 39.2 Å². The molecule has 44 heavy (non-hydrogen) atoms. The molecule has 0 saturated carbocycles. The highest BCUT2D eigenvalue weighted by molar-refractivity contribution is 6.51. The van der Waals surface area contributed by atoms with Crippen molar-refractivity contribution in [2.75, 3.05) is 17.0 Å². The summed E-state index contributed by atoms with van der Waals surface area (Å²) in [6.45, 7) is 9.01. The van der Waals surface area contributed by atoms with Crippen molar-refractivity contribution in [3.8, 4) is 17.2 Å². The number of hydrogen-bond donors (Lipinski definition) is 1. The van der Waals surface area contributed by atoms with E-state index >= 15 is 0 Å². The Morgan fingerprint density at radius 2 is 1.57 bits per heavy atom. The van der Waals surface area contributed by atoms with Crippen molar-refractivity contribution in [3.63, 3.8) is 0 Å². The number of amidine groups is 2. The third-order valence-corrected chi connectivity index (χ3v) is 8.37. The zero-order chi connectivity index (χ0) is 30.0. The van der Waals surface area contributed by atoms with Gasteiger partial charge in [0.05, 0.1) is 28.8 Å². The van der Waals surface area contributed by atoms with E-state index in [1.807, 2.05) is 53.2 Å². The first-order chi connectivity index (χ1) is 21.3. The Morgan fingerprint density at radius 3 is 2.36 bits per heavy atom. The average molecular weight is 581 g/mol. The van der Waals surface area contributed by atoms with Gasteiger partial charge in [0.25, 0.3) is 0 Å². The van der Waals surface area contributed by atoms with Crippen LogP contribution in [-0.2, 0) is 5.41 Å². The highest BCUT2D eigenvalue weighted by Gasteiger charge is 2.41. The van der Waals surface area contributed by atoms with Crippen molar-refractivity contribution < 1.29 is 9.47 Å². The van der Waals surface area contributed by atoms with Crippen LogP contribution in [0.25, 0.3) is 5.69 Å². The predicted molar refractivity (Wildman–Crippen MR) is 175 cm³/mol. The molecule has 0 unspecified atom stereocenters. The van der Waals surface area contributed by atoms with Crippen LogP contribution in [0.5, 0.6) is 11.5 Å². The minimum atomic E-state index is -0.186. The molecule has 4 heterocycles. The van der Waals surface area contributed by atoms with Gasteiger partial charge in [0.2, 0.25) is 6.79 Å². The minimum absolute atomic E-state index is 0.0447. The van der Waals surface area contributed by atoms with E-state index in [1.165, 1.54) is 5.56 Å². The summed E-state index contributed by atoms with van der Waals surface area (Å²) in [5, 5.41) is 8.61. The smallest absolute Gasteiger partial charge is 0.231 e. The number of para-hydroxylation sites is 3. The van der Waals surface area contributed by atoms with E-state index in [-0.39, 0.29) is 18.2 Å². The minimum Gasteiger partial charge on any atom is -0.454 e. The number of aliphatic imine (C=N–C) groups is 2. The SMILES string of the molecule is Cc1nn(-c2ccccc2)c2c1[C@@H](c1ccc(C(C)(C)C)cc1)N1C(=N2)C(Nc2ccc3c(c2)OCO3)=Nc2ccccc21. The molecule has 0 amide bonds. The van der Waals surface area contributed by atoms with Gasteiger partial charge in [-0.2, -0.15) is 5.10 Å². The van der Waals surface area contributed by atoms with Crippen LogP contribution < -0.4 is 19.7 Å². The van der Waals surface area contributed by atoms with Crippen LogP contribution in [0.3, 0.4) is 0 Å². The molecule has 1 aromatic heterocycles. The molecule has 3 aliphatic heterocycles. The molecule has 0 bridgehead atoms. The maximum absolute atomic E-state index is 5.66. The Balaban J connectivity index is 1.34. The summed E-state index contributed by atoms with van der Waals surface area (Å²) < 4.78 is 13.2. The summed E-state index contributed by atoms with van der Waals surface area (Å²) in [4.78, 5) is 12.7. The van der Waals surface area contributed by atoms with Crippen molar-refractivity contribution in [1.82, 2.24) is 9.78 Å². The Bertz CT molecular complexity index is 1970. The van der Waals surface area contributed by atoms with Gasteiger partial charge in [-0.25, -0.2) is 14.7 Å². The van der Waals surface area contributed by atoms with Crippen molar-refractivity contribution >= 4 is 34.6 Å². The number of nitrogens with zero attached hydrogens (tertiary/aromatic N) is 5. The van der Waals surface area contributed by atoms with Crippen LogP contribution in [0.2, 0.25) is 0 Å². The second kappa shape index (κ2) is 9.84. The lowest BCUT2D eigenvalue weighted by Crippen LogP contribution is -2.46. The molecule has 5 aromatic rings. The van der Waals surface area contributed by atoms with E-state index in [0.29, 0.717) is 11.6 Å². The summed E-state index contributed by atoms with van der Waals surface area (Å²) in [5.41, 5.74) is 8.13. The topological polar surface area (TPSA) is 76.3 Å². The quantitative estimate of drug-likeness (QED) is 0.234. The van der Waals surface area contributed by atoms with Crippen LogP contribution >= 0.6 is 0 Å². The Morgan fingerprint density at radius 1 is 0.818 bits per heavy atom. The molecule has 0 aliphatic carbocycles. The molecule has 0 saturated heterocycles. The number of nitrogens with one attached hydrogen (secondary N) is 1. The highest BCUT2D eigenvalue weighted by atomic mass is 16.7. The third kappa shape index (κ3) is 4.25. The molecule has 3 aliphatic rings. The first kappa shape index (κ1) is 26.3. The van der Waals surface area contributed by atoms with Crippen LogP contribution in [0.1, 0.15) is 49.2 Å². The number of aromatic nitrogens is 2. The van der Waals surface area contributed by atoms with Crippen LogP contribution in [-0.4, -0.2) is 28.2 Å². The molecule has 0 radical (unpaired) electrons. The van der Waals surface area contributed by atoms with E-state index in [4.69, 9.17) is 24.6 Å². The first-order valence-corrected chi connectivity index (χ1v) is 14.8. The summed E-state index contributed by atoms with van der Waals surface area (Å²) in [5.74, 6) is 3.59. The van der Waals surface area contributed by atoms with Gasteiger partial charge in [-0.1, -0.05) is 75.4 Å². The number of hydrogen-bond acceptors (Lipinski definition) is 7. The standard InChI is InChI=1S/C36H32N6O2/c1-22-31-32(23-14-16-24(17-15-23)36(2,3)4)41-28-13-9-8-12-27(28)38-33(37-25-18-19-29-30(20-25)44-21-43-29)35(41)39-34(31)42(40-22)26-10-6-5-7-11-26/h5-20,32H,21H2,1-4H3,(H,37,38)/t32-/m1/s1. The fourth-order valence-electron chi connectivity index (χ4n) is 6.14. The number of aryl methyl sites for hydroxylation is 1. The van der Waals surface area contributed by atoms with E-state index in [1.54, 1.807) is 0 Å². The van der Waals surface area contributed by atoms with E-state index in [0.717, 1.165) is 57.0 Å². The first-order valence-electron chi connectivity index (χ1n) is 14.8. The fraction of sp³-hybridized carbons (Fsp3) is 0.194. The normalized spacial score (nSPS) is 16.5. The monoisotopic (exact) mass is 580 g/mol. The summed E-state index contributed by atoms with van der Waals surface area (Å²) in [7, 11) is 0. The Labute approximate surface area is 256 Å². The Kier molecular flexibility index (Phi) is 5.88. The van der Waals surface area contributed by atoms with Crippen molar-refractivity contribution in [1.29, 1.82) is 0 Å². The lowest BCUT2D eigenvalue weighted by molar-refractivity contribution is 0.174. The maximum Gasteiger partial charge on any atom is 0.231 e. The summed E-state index contributed by atoms with van der Waals surface area (Å²) >= 11 is 0. The van der Waals surface area contributed by atoms with Gasteiger partial charge in [-0.05, 0) is 59.9 Å². The molecule has 218 valence electrons. The second-order valence-corrected chi connectivity index (χ2v) is 12.3. The van der Waals surface area contributed by atoms with E-state index < -0.39 is 0 Å². The molecular formula is C36H32N6O2. The number of benzene rings is 4. The summed E-state index contributed by atoms with van der Waals surface area (Å²) in [6, 6.07) is 33.0. The largest absolute Gasteiger partial charge is 0.454 e. The second-order valence-electron chi connectivity index (χ2n) is 12.3. The lowest BCUT2D eigenvalue weighted by atomic mass is 9.85. The van der Waals surface area contributed by atoms with Gasteiger partial charge in [0.15, 0.2) is 29.0 Å². The van der Waals surface area contributed by atoms with Gasteiger partial charge in [-0.3, -0.25) is 0 Å². The number of rotatable bonds is 3. The number of anilines is 2. The van der Waals surface area contributed by atoms with Gasteiger partial charge in [0.1, 0.15) is 0 Å². The molecule has 8 nitrogen and oxygen atoms in total. The fourth-order valence-corrected chi connectivity index (χ4v) is 6.14. The zero-order valence-electron chi connectivity index (χ0n) is 25.1. The van der Waals surface area contributed by atoms with Crippen molar-refractivity contribution in [2.24, 2.45) is 9.98 Å². The maximum atomic E-state index is 5.66. The molecule has 0 spiro atoms. The van der Waals surface area contributed by atoms with Crippen LogP contribution in [0.15, 0.2) is 107 Å². The van der Waals surface area contributed by atoms with E-state index in [9.17, 15) is 0 Å². The zero-order valence-corrected chi connectivity index (χ0v) is 25.1. The molecule has 0 fully saturated rings. The van der Waals surface area contributed by atoms with Crippen LogP contribution in [0.4, 0.5) is 22.9 Å². The molecule has 4 aromatic carbocycles. The predicted octanol–water partition coefficient (Wildman–Crippen LogP) is 8.00. The van der Waals surface area contributed by atoms with Gasteiger partial charge < -0.3 is 19.7 Å².